The zero-order valence-corrected chi connectivity index (χ0v) is 12.9. The maximum absolute atomic E-state index is 12.0. The van der Waals surface area contributed by atoms with E-state index in [-0.39, 0.29) is 19.5 Å². The van der Waals surface area contributed by atoms with Crippen LogP contribution in [0.2, 0.25) is 0 Å². The Hall–Kier alpha value is -2.72. The molecule has 1 saturated heterocycles. The molecule has 0 aliphatic carbocycles. The molecule has 0 unspecified atom stereocenters. The third-order valence-corrected chi connectivity index (χ3v) is 3.23. The van der Waals surface area contributed by atoms with Gasteiger partial charge in [-0.25, -0.2) is 4.79 Å². The summed E-state index contributed by atoms with van der Waals surface area (Å²) in [6.45, 7) is 5.20. The lowest BCUT2D eigenvalue weighted by atomic mass is 9.87. The molecule has 1 aliphatic rings. The number of aliphatic carboxylic acids is 1. The van der Waals surface area contributed by atoms with Crippen molar-refractivity contribution in [2.24, 2.45) is 0 Å². The molecular formula is C12H17N5O6. The van der Waals surface area contributed by atoms with Crippen LogP contribution in [0.5, 0.6) is 0 Å². The summed E-state index contributed by atoms with van der Waals surface area (Å²) in [5.41, 5.74) is -1.74. The van der Waals surface area contributed by atoms with Gasteiger partial charge in [0.05, 0.1) is 19.5 Å². The van der Waals surface area contributed by atoms with Crippen LogP contribution in [0, 0.1) is 10.1 Å². The summed E-state index contributed by atoms with van der Waals surface area (Å²) >= 11 is 0. The van der Waals surface area contributed by atoms with Crippen LogP contribution in [0.15, 0.2) is 6.33 Å². The predicted molar refractivity (Wildman–Crippen MR) is 74.7 cm³/mol. The number of nitro groups is 1. The molecule has 0 radical (unpaired) electrons. The van der Waals surface area contributed by atoms with Crippen LogP contribution in [0.3, 0.4) is 0 Å². The number of carbonyl (C=O) groups is 2. The first-order valence-electron chi connectivity index (χ1n) is 6.79. The molecule has 0 bridgehead atoms. The molecule has 0 spiro atoms. The summed E-state index contributed by atoms with van der Waals surface area (Å²) < 4.78 is 6.34. The Morgan fingerprint density at radius 2 is 2.09 bits per heavy atom. The number of hydrogen-bond donors (Lipinski definition) is 1. The van der Waals surface area contributed by atoms with Crippen molar-refractivity contribution in [1.82, 2.24) is 19.7 Å². The van der Waals surface area contributed by atoms with Crippen LogP contribution in [0.25, 0.3) is 0 Å². The Balaban J connectivity index is 2.16. The molecule has 11 nitrogen and oxygen atoms in total. The molecule has 2 rings (SSSR count). The molecule has 1 aromatic heterocycles. The molecule has 126 valence electrons. The maximum atomic E-state index is 12.0. The standard InChI is InChI=1S/C12H17N5O6/c1-11(2,3)23-10(20)15-5-12(6-15,4-8(18)19)16-7-13-9(14-16)17(21)22/h7H,4-6H2,1-3H3,(H,18,19). The van der Waals surface area contributed by atoms with Gasteiger partial charge in [0.2, 0.25) is 6.33 Å². The largest absolute Gasteiger partial charge is 0.490 e. The number of carboxylic acids is 1. The van der Waals surface area contributed by atoms with Crippen molar-refractivity contribution < 1.29 is 24.4 Å². The molecular weight excluding hydrogens is 310 g/mol. The van der Waals surface area contributed by atoms with Gasteiger partial charge < -0.3 is 24.9 Å². The molecule has 2 heterocycles. The quantitative estimate of drug-likeness (QED) is 0.626. The maximum Gasteiger partial charge on any atom is 0.490 e. The van der Waals surface area contributed by atoms with E-state index in [1.165, 1.54) is 4.90 Å². The molecule has 1 aromatic rings. The number of rotatable bonds is 4. The number of hydrogen-bond acceptors (Lipinski definition) is 7. The highest BCUT2D eigenvalue weighted by Crippen LogP contribution is 2.33. The van der Waals surface area contributed by atoms with E-state index < -0.39 is 34.1 Å². The molecule has 0 atom stereocenters. The number of ether oxygens (including phenoxy) is 1. The first kappa shape index (κ1) is 16.6. The van der Waals surface area contributed by atoms with Gasteiger partial charge in [-0.15, -0.1) is 0 Å². The monoisotopic (exact) mass is 327 g/mol. The molecule has 1 amide bonds. The molecule has 23 heavy (non-hydrogen) atoms. The van der Waals surface area contributed by atoms with Crippen LogP contribution < -0.4 is 0 Å². The minimum absolute atomic E-state index is 0.0225. The van der Waals surface area contributed by atoms with Crippen molar-refractivity contribution in [3.8, 4) is 0 Å². The van der Waals surface area contributed by atoms with Gasteiger partial charge in [-0.2, -0.15) is 4.68 Å². The van der Waals surface area contributed by atoms with Crippen molar-refractivity contribution in [3.63, 3.8) is 0 Å². The first-order chi connectivity index (χ1) is 10.5. The normalized spacial score (nSPS) is 16.6. The van der Waals surface area contributed by atoms with E-state index in [1.807, 2.05) is 0 Å². The first-order valence-corrected chi connectivity index (χ1v) is 6.79. The van der Waals surface area contributed by atoms with Crippen LogP contribution in [-0.2, 0) is 15.1 Å². The van der Waals surface area contributed by atoms with Gasteiger partial charge >= 0.3 is 18.0 Å². The van der Waals surface area contributed by atoms with Crippen molar-refractivity contribution in [2.45, 2.75) is 38.3 Å². The van der Waals surface area contributed by atoms with Crippen molar-refractivity contribution in [3.05, 3.63) is 16.4 Å². The highest BCUT2D eigenvalue weighted by atomic mass is 16.6. The third kappa shape index (κ3) is 3.55. The lowest BCUT2D eigenvalue weighted by molar-refractivity contribution is -0.394. The average Bonchev–Trinajstić information content (AvgIpc) is 2.80. The molecule has 1 aliphatic heterocycles. The zero-order valence-electron chi connectivity index (χ0n) is 12.9. The van der Waals surface area contributed by atoms with Gasteiger partial charge in [0, 0.05) is 5.10 Å². The Bertz CT molecular complexity index is 643. The number of nitrogens with zero attached hydrogens (tertiary/aromatic N) is 5. The predicted octanol–water partition coefficient (Wildman–Crippen LogP) is 0.607. The fraction of sp³-hybridized carbons (Fsp3) is 0.667. The van der Waals surface area contributed by atoms with Gasteiger partial charge in [0.1, 0.15) is 11.1 Å². The minimum atomic E-state index is -1.10. The Morgan fingerprint density at radius 1 is 1.48 bits per heavy atom. The van der Waals surface area contributed by atoms with E-state index >= 15 is 0 Å². The number of aromatic nitrogens is 3. The Morgan fingerprint density at radius 3 is 2.52 bits per heavy atom. The lowest BCUT2D eigenvalue weighted by Gasteiger charge is -2.47. The van der Waals surface area contributed by atoms with Gasteiger partial charge in [-0.05, 0) is 25.7 Å². The summed E-state index contributed by atoms with van der Waals surface area (Å²) in [4.78, 5) is 37.8. The fourth-order valence-corrected chi connectivity index (χ4v) is 2.31. The van der Waals surface area contributed by atoms with E-state index in [9.17, 15) is 19.7 Å². The molecule has 0 saturated carbocycles. The van der Waals surface area contributed by atoms with Crippen LogP contribution in [0.1, 0.15) is 27.2 Å². The van der Waals surface area contributed by atoms with Gasteiger partial charge in [-0.1, -0.05) is 4.98 Å². The average molecular weight is 327 g/mol. The number of carboxylic acid groups (broad SMARTS) is 1. The van der Waals surface area contributed by atoms with E-state index in [2.05, 4.69) is 10.1 Å². The topological polar surface area (TPSA) is 141 Å². The highest BCUT2D eigenvalue weighted by molar-refractivity contribution is 5.72. The van der Waals surface area contributed by atoms with Gasteiger partial charge in [0.25, 0.3) is 0 Å². The van der Waals surface area contributed by atoms with Crippen LogP contribution in [0.4, 0.5) is 10.7 Å². The third-order valence-electron chi connectivity index (χ3n) is 3.23. The van der Waals surface area contributed by atoms with Crippen LogP contribution >= 0.6 is 0 Å². The number of likely N-dealkylation sites (tertiary alicyclic amines) is 1. The molecule has 1 fully saturated rings. The van der Waals surface area contributed by atoms with Crippen LogP contribution in [-0.4, -0.2) is 60.4 Å². The van der Waals surface area contributed by atoms with E-state index in [1.54, 1.807) is 20.8 Å². The van der Waals surface area contributed by atoms with Gasteiger partial charge in [0.15, 0.2) is 0 Å². The smallest absolute Gasteiger partial charge is 0.481 e. The number of carbonyl (C=O) groups excluding carboxylic acids is 1. The molecule has 0 aromatic carbocycles. The van der Waals surface area contributed by atoms with Crippen molar-refractivity contribution >= 4 is 18.0 Å². The van der Waals surface area contributed by atoms with E-state index in [0.717, 1.165) is 11.0 Å². The lowest BCUT2D eigenvalue weighted by Crippen LogP contribution is -2.65. The highest BCUT2D eigenvalue weighted by Gasteiger charge is 2.52. The van der Waals surface area contributed by atoms with E-state index in [0.29, 0.717) is 0 Å². The summed E-state index contributed by atoms with van der Waals surface area (Å²) in [6, 6.07) is 0. The summed E-state index contributed by atoms with van der Waals surface area (Å²) in [6.07, 6.45) is 0.188. The second-order valence-corrected chi connectivity index (χ2v) is 6.38. The number of amides is 1. The Kier molecular flexibility index (Phi) is 3.97. The molecule has 11 heteroatoms. The van der Waals surface area contributed by atoms with Crippen molar-refractivity contribution in [1.29, 1.82) is 0 Å². The SMILES string of the molecule is CC(C)(C)OC(=O)N1CC(CC(=O)O)(n2cnc([N+](=O)[O-])n2)C1. The minimum Gasteiger partial charge on any atom is -0.481 e. The second-order valence-electron chi connectivity index (χ2n) is 6.38. The summed E-state index contributed by atoms with van der Waals surface area (Å²) in [5.74, 6) is -1.72. The van der Waals surface area contributed by atoms with E-state index in [4.69, 9.17) is 9.84 Å². The second kappa shape index (κ2) is 5.48. The summed E-state index contributed by atoms with van der Waals surface area (Å²) in [5, 5.41) is 23.4. The zero-order chi connectivity index (χ0) is 17.4. The Labute approximate surface area is 131 Å². The van der Waals surface area contributed by atoms with Crippen molar-refractivity contribution in [2.75, 3.05) is 13.1 Å². The summed E-state index contributed by atoms with van der Waals surface area (Å²) in [7, 11) is 0. The van der Waals surface area contributed by atoms with Gasteiger partial charge in [-0.3, -0.25) is 4.79 Å². The molecule has 1 N–H and O–H groups in total. The fourth-order valence-electron chi connectivity index (χ4n) is 2.31.